The summed E-state index contributed by atoms with van der Waals surface area (Å²) < 4.78 is 25.1. The molecule has 1 saturated carbocycles. The van der Waals surface area contributed by atoms with Crippen molar-refractivity contribution in [3.05, 3.63) is 47.5 Å². The van der Waals surface area contributed by atoms with E-state index in [1.54, 1.807) is 12.1 Å². The Kier molecular flexibility index (Phi) is 6.85. The molecule has 2 aliphatic rings. The van der Waals surface area contributed by atoms with Crippen LogP contribution in [0.4, 0.5) is 4.39 Å². The third-order valence-electron chi connectivity index (χ3n) is 5.14. The summed E-state index contributed by atoms with van der Waals surface area (Å²) in [5.74, 6) is 0.0751. The Bertz CT molecular complexity index is 657. The second-order valence-corrected chi connectivity index (χ2v) is 7.23. The first-order valence-electron chi connectivity index (χ1n) is 9.77. The molecule has 2 N–H and O–H groups in total. The average Bonchev–Trinajstić information content (AvgIpc) is 3.50. The molecule has 0 bridgehead atoms. The summed E-state index contributed by atoms with van der Waals surface area (Å²) in [4.78, 5) is 12.6. The van der Waals surface area contributed by atoms with Crippen molar-refractivity contribution in [2.24, 2.45) is 11.8 Å². The van der Waals surface area contributed by atoms with Crippen LogP contribution in [0.5, 0.6) is 0 Å². The van der Waals surface area contributed by atoms with Crippen molar-refractivity contribution in [1.82, 2.24) is 5.32 Å². The van der Waals surface area contributed by atoms with E-state index >= 15 is 0 Å². The number of nitrogens with one attached hydrogen (secondary N) is 1. The Labute approximate surface area is 159 Å². The molecule has 148 valence electrons. The zero-order valence-corrected chi connectivity index (χ0v) is 15.7. The fourth-order valence-electron chi connectivity index (χ4n) is 3.48. The number of aliphatic hydroxyl groups excluding tert-OH is 1. The third-order valence-corrected chi connectivity index (χ3v) is 5.14. The summed E-state index contributed by atoms with van der Waals surface area (Å²) in [6, 6.07) is 6.31. The summed E-state index contributed by atoms with van der Waals surface area (Å²) >= 11 is 0. The first kappa shape index (κ1) is 19.8. The Morgan fingerprint density at radius 2 is 2.07 bits per heavy atom. The van der Waals surface area contributed by atoms with Crippen LogP contribution in [0.3, 0.4) is 0 Å². The summed E-state index contributed by atoms with van der Waals surface area (Å²) in [6.07, 6.45) is 4.82. The van der Waals surface area contributed by atoms with Gasteiger partial charge in [-0.05, 0) is 62.3 Å². The minimum atomic E-state index is -0.580. The van der Waals surface area contributed by atoms with Gasteiger partial charge in [-0.15, -0.1) is 0 Å². The maximum absolute atomic E-state index is 13.4. The molecule has 3 rings (SSSR count). The molecular formula is C21H28FNO4. The minimum Gasteiger partial charge on any atom is -0.459 e. The van der Waals surface area contributed by atoms with Crippen LogP contribution in [-0.4, -0.2) is 37.1 Å². The first-order chi connectivity index (χ1) is 13.1. The molecule has 1 aromatic carbocycles. The Hall–Kier alpha value is -1.92. The lowest BCUT2D eigenvalue weighted by Gasteiger charge is -2.37. The standard InChI is InChI=1S/C21H28FNO4/c1-2-26-21-17(4-3-11-24)18(15-7-9-16(22)10-8-15)12-19(27-21)20(25)23-13-14-5-6-14/h7-10,12,14,17-18,21,24H,2-6,11,13H2,1H3,(H,23,25)/t17-,18-,21-/m1/s1. The SMILES string of the molecule is CCO[C@@H]1OC(C(=O)NCC2CC2)=C[C@H](c2ccc(F)cc2)[C@H]1CCCO. The summed E-state index contributed by atoms with van der Waals surface area (Å²) in [5, 5.41) is 12.2. The summed E-state index contributed by atoms with van der Waals surface area (Å²) in [7, 11) is 0. The number of rotatable bonds is 9. The van der Waals surface area contributed by atoms with Crippen LogP contribution in [0.15, 0.2) is 36.1 Å². The molecule has 6 heteroatoms. The molecule has 5 nitrogen and oxygen atoms in total. The van der Waals surface area contributed by atoms with Gasteiger partial charge in [-0.25, -0.2) is 4.39 Å². The Morgan fingerprint density at radius 3 is 2.70 bits per heavy atom. The molecule has 27 heavy (non-hydrogen) atoms. The topological polar surface area (TPSA) is 67.8 Å². The monoisotopic (exact) mass is 377 g/mol. The van der Waals surface area contributed by atoms with Gasteiger partial charge < -0.3 is 19.9 Å². The molecule has 1 aliphatic carbocycles. The smallest absolute Gasteiger partial charge is 0.286 e. The lowest BCUT2D eigenvalue weighted by molar-refractivity contribution is -0.166. The van der Waals surface area contributed by atoms with Crippen LogP contribution in [0.1, 0.15) is 44.1 Å². The van der Waals surface area contributed by atoms with Crippen molar-refractivity contribution in [3.63, 3.8) is 0 Å². The second kappa shape index (κ2) is 9.33. The van der Waals surface area contributed by atoms with Gasteiger partial charge >= 0.3 is 0 Å². The van der Waals surface area contributed by atoms with E-state index in [9.17, 15) is 14.3 Å². The normalized spacial score (nSPS) is 24.9. The van der Waals surface area contributed by atoms with Crippen LogP contribution < -0.4 is 5.32 Å². The maximum atomic E-state index is 13.4. The van der Waals surface area contributed by atoms with Crippen LogP contribution in [0.2, 0.25) is 0 Å². The highest BCUT2D eigenvalue weighted by Gasteiger charge is 2.38. The van der Waals surface area contributed by atoms with Crippen LogP contribution >= 0.6 is 0 Å². The van der Waals surface area contributed by atoms with E-state index in [4.69, 9.17) is 9.47 Å². The van der Waals surface area contributed by atoms with E-state index in [1.807, 2.05) is 13.0 Å². The Balaban J connectivity index is 1.86. The van der Waals surface area contributed by atoms with Crippen molar-refractivity contribution >= 4 is 5.91 Å². The molecule has 1 aliphatic heterocycles. The molecule has 0 spiro atoms. The number of hydrogen-bond acceptors (Lipinski definition) is 4. The van der Waals surface area contributed by atoms with Crippen LogP contribution in [-0.2, 0) is 14.3 Å². The van der Waals surface area contributed by atoms with Crippen molar-refractivity contribution in [1.29, 1.82) is 0 Å². The molecule has 1 amide bonds. The fraction of sp³-hybridized carbons (Fsp3) is 0.571. The van der Waals surface area contributed by atoms with Crippen LogP contribution in [0, 0.1) is 17.7 Å². The highest BCUT2D eigenvalue weighted by atomic mass is 19.1. The number of aliphatic hydroxyl groups is 1. The summed E-state index contributed by atoms with van der Waals surface area (Å²) in [6.45, 7) is 3.07. The number of halogens is 1. The van der Waals surface area contributed by atoms with Crippen molar-refractivity contribution in [2.75, 3.05) is 19.8 Å². The van der Waals surface area contributed by atoms with E-state index < -0.39 is 6.29 Å². The lowest BCUT2D eigenvalue weighted by Crippen LogP contribution is -2.39. The zero-order valence-electron chi connectivity index (χ0n) is 15.7. The van der Waals surface area contributed by atoms with E-state index in [1.165, 1.54) is 12.1 Å². The predicted octanol–water partition coefficient (Wildman–Crippen LogP) is 3.10. The van der Waals surface area contributed by atoms with Gasteiger partial charge in [-0.2, -0.15) is 0 Å². The van der Waals surface area contributed by atoms with E-state index in [-0.39, 0.29) is 35.9 Å². The van der Waals surface area contributed by atoms with Gasteiger partial charge in [0.25, 0.3) is 5.91 Å². The Morgan fingerprint density at radius 1 is 1.33 bits per heavy atom. The average molecular weight is 377 g/mol. The second-order valence-electron chi connectivity index (χ2n) is 7.23. The number of hydrogen-bond donors (Lipinski definition) is 2. The molecule has 1 fully saturated rings. The molecule has 3 atom stereocenters. The number of carbonyl (C=O) groups excluding carboxylic acids is 1. The number of benzene rings is 1. The van der Waals surface area contributed by atoms with Gasteiger partial charge in [-0.1, -0.05) is 12.1 Å². The highest BCUT2D eigenvalue weighted by Crippen LogP contribution is 2.39. The summed E-state index contributed by atoms with van der Waals surface area (Å²) in [5.41, 5.74) is 0.903. The number of ether oxygens (including phenoxy) is 2. The van der Waals surface area contributed by atoms with Gasteiger partial charge in [0.2, 0.25) is 6.29 Å². The molecule has 0 unspecified atom stereocenters. The zero-order chi connectivity index (χ0) is 19.2. The number of amides is 1. The van der Waals surface area contributed by atoms with Gasteiger partial charge in [0, 0.05) is 31.6 Å². The first-order valence-corrected chi connectivity index (χ1v) is 9.77. The molecule has 1 aromatic rings. The number of carbonyl (C=O) groups is 1. The predicted molar refractivity (Wildman–Crippen MR) is 99.3 cm³/mol. The minimum absolute atomic E-state index is 0.0671. The molecular weight excluding hydrogens is 349 g/mol. The van der Waals surface area contributed by atoms with E-state index in [2.05, 4.69) is 5.32 Å². The molecule has 1 heterocycles. The lowest BCUT2D eigenvalue weighted by atomic mass is 9.80. The molecule has 0 aromatic heterocycles. The van der Waals surface area contributed by atoms with E-state index in [0.29, 0.717) is 31.9 Å². The quantitative estimate of drug-likeness (QED) is 0.694. The highest BCUT2D eigenvalue weighted by molar-refractivity contribution is 5.91. The molecule has 0 saturated heterocycles. The maximum Gasteiger partial charge on any atom is 0.286 e. The third kappa shape index (κ3) is 5.30. The largest absolute Gasteiger partial charge is 0.459 e. The van der Waals surface area contributed by atoms with Crippen molar-refractivity contribution in [3.8, 4) is 0 Å². The van der Waals surface area contributed by atoms with Gasteiger partial charge in [0.15, 0.2) is 5.76 Å². The van der Waals surface area contributed by atoms with Gasteiger partial charge in [0.1, 0.15) is 5.82 Å². The van der Waals surface area contributed by atoms with Crippen molar-refractivity contribution < 1.29 is 23.8 Å². The number of allylic oxidation sites excluding steroid dienone is 1. The van der Waals surface area contributed by atoms with Crippen molar-refractivity contribution in [2.45, 2.75) is 44.8 Å². The van der Waals surface area contributed by atoms with Gasteiger partial charge in [0.05, 0.1) is 0 Å². The molecule has 0 radical (unpaired) electrons. The van der Waals surface area contributed by atoms with Gasteiger partial charge in [-0.3, -0.25) is 4.79 Å². The van der Waals surface area contributed by atoms with Crippen LogP contribution in [0.25, 0.3) is 0 Å². The fourth-order valence-corrected chi connectivity index (χ4v) is 3.48. The van der Waals surface area contributed by atoms with E-state index in [0.717, 1.165) is 18.4 Å².